The number of nitrogens with one attached hydrogen (secondary N) is 3. The number of ether oxygens (including phenoxy) is 1. The number of pyridine rings is 2. The predicted octanol–water partition coefficient (Wildman–Crippen LogP) is 1.41. The summed E-state index contributed by atoms with van der Waals surface area (Å²) in [5, 5.41) is 17.4. The number of benzene rings is 1. The number of rotatable bonds is 7. The van der Waals surface area contributed by atoms with E-state index in [1.54, 1.807) is 12.1 Å². The van der Waals surface area contributed by atoms with Gasteiger partial charge in [-0.15, -0.1) is 0 Å². The fraction of sp³-hybridized carbons (Fsp3) is 0.400. The molecule has 1 aromatic carbocycles. The van der Waals surface area contributed by atoms with Crippen LogP contribution in [-0.4, -0.2) is 64.8 Å². The highest BCUT2D eigenvalue weighted by atomic mass is 19.1. The van der Waals surface area contributed by atoms with Gasteiger partial charge in [0, 0.05) is 44.2 Å². The molecule has 0 radical (unpaired) electrons. The molecule has 0 saturated carbocycles. The van der Waals surface area contributed by atoms with Gasteiger partial charge in [0.25, 0.3) is 11.5 Å². The second kappa shape index (κ2) is 10.1. The summed E-state index contributed by atoms with van der Waals surface area (Å²) in [4.78, 5) is 33.4. The molecule has 5 rings (SSSR count). The predicted molar refractivity (Wildman–Crippen MR) is 129 cm³/mol. The van der Waals surface area contributed by atoms with Crippen LogP contribution in [0.4, 0.5) is 10.2 Å². The maximum atomic E-state index is 13.4. The van der Waals surface area contributed by atoms with Crippen LogP contribution in [-0.2, 0) is 17.8 Å². The summed E-state index contributed by atoms with van der Waals surface area (Å²) in [5.41, 5.74) is 1.73. The van der Waals surface area contributed by atoms with Gasteiger partial charge in [0.05, 0.1) is 17.3 Å². The van der Waals surface area contributed by atoms with Crippen LogP contribution < -0.4 is 20.9 Å². The summed E-state index contributed by atoms with van der Waals surface area (Å²) in [6, 6.07) is 9.85. The summed E-state index contributed by atoms with van der Waals surface area (Å²) in [6.07, 6.45) is 0.841. The molecule has 1 fully saturated rings. The van der Waals surface area contributed by atoms with Gasteiger partial charge in [-0.1, -0.05) is 0 Å². The Kier molecular flexibility index (Phi) is 6.76. The molecule has 9 nitrogen and oxygen atoms in total. The molecule has 4 heterocycles. The Morgan fingerprint density at radius 2 is 2.11 bits per heavy atom. The molecule has 1 saturated heterocycles. The molecule has 0 spiro atoms. The minimum absolute atomic E-state index is 0.00240. The van der Waals surface area contributed by atoms with Gasteiger partial charge in [-0.25, -0.2) is 9.37 Å². The number of hydrogen-bond acceptors (Lipinski definition) is 7. The van der Waals surface area contributed by atoms with Crippen molar-refractivity contribution in [3.05, 3.63) is 63.8 Å². The lowest BCUT2D eigenvalue weighted by Crippen LogP contribution is -2.47. The third-order valence-electron chi connectivity index (χ3n) is 6.61. The minimum atomic E-state index is -0.401. The van der Waals surface area contributed by atoms with Crippen LogP contribution in [0.3, 0.4) is 0 Å². The molecule has 10 heteroatoms. The van der Waals surface area contributed by atoms with E-state index in [0.29, 0.717) is 61.7 Å². The van der Waals surface area contributed by atoms with Crippen molar-refractivity contribution in [1.82, 2.24) is 20.2 Å². The molecule has 2 aromatic heterocycles. The Labute approximate surface area is 201 Å². The van der Waals surface area contributed by atoms with E-state index in [2.05, 4.69) is 25.5 Å². The zero-order valence-electron chi connectivity index (χ0n) is 19.2. The SMILES string of the molecule is O=C1COc2ccc(CNC[C@H]3CN(CCc4cc5ccc(F)cc5[nH]c4=O)CC[C@H]3O)nc2N1. The van der Waals surface area contributed by atoms with Crippen molar-refractivity contribution < 1.29 is 19.0 Å². The number of likely N-dealkylation sites (tertiary alicyclic amines) is 1. The van der Waals surface area contributed by atoms with E-state index in [1.807, 2.05) is 12.1 Å². The Morgan fingerprint density at radius 3 is 3.00 bits per heavy atom. The quantitative estimate of drug-likeness (QED) is 0.403. The Bertz CT molecular complexity index is 1300. The van der Waals surface area contributed by atoms with Gasteiger partial charge in [0.15, 0.2) is 18.2 Å². The second-order valence-corrected chi connectivity index (χ2v) is 9.14. The number of aliphatic hydroxyl groups excluding tert-OH is 1. The summed E-state index contributed by atoms with van der Waals surface area (Å²) in [5.74, 6) is 0.431. The average molecular weight is 482 g/mol. The molecule has 3 aromatic rings. The molecule has 2 aliphatic rings. The Balaban J connectivity index is 1.14. The van der Waals surface area contributed by atoms with Crippen LogP contribution in [0.5, 0.6) is 5.75 Å². The van der Waals surface area contributed by atoms with E-state index in [1.165, 1.54) is 12.1 Å². The number of aromatic nitrogens is 2. The van der Waals surface area contributed by atoms with E-state index in [4.69, 9.17) is 4.74 Å². The number of H-pyrrole nitrogens is 1. The zero-order valence-corrected chi connectivity index (χ0v) is 19.2. The molecule has 0 aliphatic carbocycles. The zero-order chi connectivity index (χ0) is 24.4. The van der Waals surface area contributed by atoms with E-state index < -0.39 is 6.10 Å². The molecule has 35 heavy (non-hydrogen) atoms. The van der Waals surface area contributed by atoms with Crippen molar-refractivity contribution >= 4 is 22.6 Å². The van der Waals surface area contributed by atoms with E-state index in [9.17, 15) is 19.1 Å². The molecular weight excluding hydrogens is 453 g/mol. The van der Waals surface area contributed by atoms with Crippen LogP contribution in [0, 0.1) is 11.7 Å². The van der Waals surface area contributed by atoms with Gasteiger partial charge in [-0.05, 0) is 54.6 Å². The number of anilines is 1. The number of carbonyl (C=O) groups is 1. The van der Waals surface area contributed by atoms with Crippen molar-refractivity contribution in [3.8, 4) is 5.75 Å². The first-order valence-corrected chi connectivity index (χ1v) is 11.8. The van der Waals surface area contributed by atoms with Gasteiger partial charge in [0.2, 0.25) is 0 Å². The normalized spacial score (nSPS) is 20.3. The first-order valence-electron chi connectivity index (χ1n) is 11.8. The number of fused-ring (bicyclic) bond motifs is 2. The lowest BCUT2D eigenvalue weighted by Gasteiger charge is -2.36. The summed E-state index contributed by atoms with van der Waals surface area (Å²) in [6.45, 7) is 3.29. The fourth-order valence-electron chi connectivity index (χ4n) is 4.67. The number of nitrogens with zero attached hydrogens (tertiary/aromatic N) is 2. The molecule has 2 atom stereocenters. The maximum absolute atomic E-state index is 13.4. The molecule has 0 unspecified atom stereocenters. The highest BCUT2D eigenvalue weighted by Gasteiger charge is 2.27. The summed E-state index contributed by atoms with van der Waals surface area (Å²) in [7, 11) is 0. The van der Waals surface area contributed by atoms with Crippen LogP contribution in [0.2, 0.25) is 0 Å². The maximum Gasteiger partial charge on any atom is 0.263 e. The standard InChI is InChI=1S/C25H28FN5O4/c26-18-2-1-15-9-16(25(34)29-20(15)10-18)5-7-31-8-6-21(32)17(13-31)11-27-12-19-3-4-22-24(28-19)30-23(33)14-35-22/h1-4,9-10,17,21,27,32H,5-8,11-14H2,(H,29,34)(H,28,30,33)/t17-,21+/m0/s1. The number of hydrogen-bond donors (Lipinski definition) is 4. The number of halogens is 1. The molecule has 4 N–H and O–H groups in total. The third-order valence-corrected chi connectivity index (χ3v) is 6.61. The van der Waals surface area contributed by atoms with E-state index >= 15 is 0 Å². The summed E-state index contributed by atoms with van der Waals surface area (Å²) < 4.78 is 18.8. The van der Waals surface area contributed by atoms with Crippen LogP contribution >= 0.6 is 0 Å². The van der Waals surface area contributed by atoms with Crippen molar-refractivity contribution in [1.29, 1.82) is 0 Å². The van der Waals surface area contributed by atoms with Crippen LogP contribution in [0.1, 0.15) is 17.7 Å². The second-order valence-electron chi connectivity index (χ2n) is 9.14. The topological polar surface area (TPSA) is 120 Å². The largest absolute Gasteiger partial charge is 0.480 e. The van der Waals surface area contributed by atoms with Crippen molar-refractivity contribution in [3.63, 3.8) is 0 Å². The average Bonchev–Trinajstić information content (AvgIpc) is 2.84. The first-order chi connectivity index (χ1) is 16.9. The fourth-order valence-corrected chi connectivity index (χ4v) is 4.67. The lowest BCUT2D eigenvalue weighted by molar-refractivity contribution is -0.118. The number of aliphatic hydroxyl groups is 1. The Morgan fingerprint density at radius 1 is 1.23 bits per heavy atom. The summed E-state index contributed by atoms with van der Waals surface area (Å²) >= 11 is 0. The lowest BCUT2D eigenvalue weighted by atomic mass is 9.94. The van der Waals surface area contributed by atoms with Crippen molar-refractivity contribution in [2.24, 2.45) is 5.92 Å². The van der Waals surface area contributed by atoms with Crippen molar-refractivity contribution in [2.75, 3.05) is 38.1 Å². The van der Waals surface area contributed by atoms with Gasteiger partial charge < -0.3 is 30.4 Å². The number of carbonyl (C=O) groups excluding carboxylic acids is 1. The van der Waals surface area contributed by atoms with Crippen molar-refractivity contribution in [2.45, 2.75) is 25.5 Å². The van der Waals surface area contributed by atoms with Gasteiger partial charge in [0.1, 0.15) is 5.82 Å². The highest BCUT2D eigenvalue weighted by molar-refractivity contribution is 5.94. The van der Waals surface area contributed by atoms with Crippen LogP contribution in [0.25, 0.3) is 10.9 Å². The van der Waals surface area contributed by atoms with Crippen LogP contribution in [0.15, 0.2) is 41.2 Å². The van der Waals surface area contributed by atoms with Gasteiger partial charge in [-0.2, -0.15) is 0 Å². The molecular formula is C25H28FN5O4. The number of amides is 1. The highest BCUT2D eigenvalue weighted by Crippen LogP contribution is 2.25. The molecule has 1 amide bonds. The van der Waals surface area contributed by atoms with Gasteiger partial charge >= 0.3 is 0 Å². The monoisotopic (exact) mass is 481 g/mol. The molecule has 2 aliphatic heterocycles. The third kappa shape index (κ3) is 5.50. The van der Waals surface area contributed by atoms with E-state index in [0.717, 1.165) is 17.6 Å². The minimum Gasteiger partial charge on any atom is -0.480 e. The molecule has 0 bridgehead atoms. The molecule has 184 valence electrons. The number of piperidine rings is 1. The Hall–Kier alpha value is -3.34. The van der Waals surface area contributed by atoms with Gasteiger partial charge in [-0.3, -0.25) is 9.59 Å². The first kappa shape index (κ1) is 23.4. The smallest absolute Gasteiger partial charge is 0.263 e. The number of aromatic amines is 1. The van der Waals surface area contributed by atoms with E-state index in [-0.39, 0.29) is 29.8 Å².